The van der Waals surface area contributed by atoms with Gasteiger partial charge in [-0.2, -0.15) is 0 Å². The monoisotopic (exact) mass is 395 g/mol. The number of aryl methyl sites for hydroxylation is 1. The van der Waals surface area contributed by atoms with Crippen molar-refractivity contribution in [3.05, 3.63) is 34.3 Å². The summed E-state index contributed by atoms with van der Waals surface area (Å²) in [5.74, 6) is -0.692. The van der Waals surface area contributed by atoms with Crippen LogP contribution in [0.1, 0.15) is 56.6 Å². The summed E-state index contributed by atoms with van der Waals surface area (Å²) in [5.41, 5.74) is 0.875. The summed E-state index contributed by atoms with van der Waals surface area (Å²) in [5, 5.41) is 3.68. The van der Waals surface area contributed by atoms with E-state index in [1.165, 1.54) is 0 Å². The number of hydrogen-bond acceptors (Lipinski definition) is 4. The minimum Gasteiger partial charge on any atom is -0.464 e. The van der Waals surface area contributed by atoms with Crippen LogP contribution in [0, 0.1) is 12.8 Å². The Morgan fingerprint density at radius 1 is 1.41 bits per heavy atom. The Morgan fingerprint density at radius 3 is 2.78 bits per heavy atom. The van der Waals surface area contributed by atoms with Crippen molar-refractivity contribution in [1.82, 2.24) is 5.32 Å². The molecular formula is C21H30ClNO4. The summed E-state index contributed by atoms with van der Waals surface area (Å²) in [4.78, 5) is 25.8. The molecule has 5 nitrogen and oxygen atoms in total. The fraction of sp³-hybridized carbons (Fsp3) is 0.619. The van der Waals surface area contributed by atoms with Gasteiger partial charge in [0.05, 0.1) is 12.5 Å². The third kappa shape index (κ3) is 5.23. The van der Waals surface area contributed by atoms with Crippen molar-refractivity contribution in [2.45, 2.75) is 57.9 Å². The largest absolute Gasteiger partial charge is 0.464 e. The van der Waals surface area contributed by atoms with Crippen LogP contribution in [0.5, 0.6) is 0 Å². The van der Waals surface area contributed by atoms with Gasteiger partial charge in [-0.1, -0.05) is 24.1 Å². The highest BCUT2D eigenvalue weighted by Gasteiger charge is 2.45. The van der Waals surface area contributed by atoms with E-state index in [9.17, 15) is 9.59 Å². The van der Waals surface area contributed by atoms with Crippen LogP contribution in [0.2, 0.25) is 5.02 Å². The number of ether oxygens (including phenoxy) is 2. The van der Waals surface area contributed by atoms with E-state index in [0.29, 0.717) is 24.5 Å². The molecule has 3 atom stereocenters. The number of esters is 1. The van der Waals surface area contributed by atoms with E-state index >= 15 is 0 Å². The van der Waals surface area contributed by atoms with Gasteiger partial charge in [-0.15, -0.1) is 0 Å². The Hall–Kier alpha value is -1.59. The second kappa shape index (κ2) is 9.56. The third-order valence-electron chi connectivity index (χ3n) is 5.38. The SMILES string of the molecule is CCOC(=O)C1(NC(=O)C(C)c2ccc(Cl)cc2C)CCCC(COC)C1. The van der Waals surface area contributed by atoms with Crippen molar-refractivity contribution < 1.29 is 19.1 Å². The maximum absolute atomic E-state index is 13.0. The van der Waals surface area contributed by atoms with Crippen molar-refractivity contribution in [2.24, 2.45) is 5.92 Å². The Labute approximate surface area is 166 Å². The second-order valence-electron chi connectivity index (χ2n) is 7.43. The van der Waals surface area contributed by atoms with E-state index < -0.39 is 11.5 Å². The summed E-state index contributed by atoms with van der Waals surface area (Å²) in [6.07, 6.45) is 2.96. The highest BCUT2D eigenvalue weighted by molar-refractivity contribution is 6.30. The Morgan fingerprint density at radius 2 is 2.15 bits per heavy atom. The molecular weight excluding hydrogens is 366 g/mol. The zero-order chi connectivity index (χ0) is 20.0. The topological polar surface area (TPSA) is 64.6 Å². The van der Waals surface area contributed by atoms with Crippen molar-refractivity contribution in [2.75, 3.05) is 20.3 Å². The highest BCUT2D eigenvalue weighted by Crippen LogP contribution is 2.35. The molecule has 1 saturated carbocycles. The first kappa shape index (κ1) is 21.7. The summed E-state index contributed by atoms with van der Waals surface area (Å²) >= 11 is 6.03. The minimum absolute atomic E-state index is 0.174. The number of methoxy groups -OCH3 is 1. The number of carbonyl (C=O) groups excluding carboxylic acids is 2. The zero-order valence-electron chi connectivity index (χ0n) is 16.6. The molecule has 1 aromatic carbocycles. The van der Waals surface area contributed by atoms with Crippen molar-refractivity contribution in [1.29, 1.82) is 0 Å². The zero-order valence-corrected chi connectivity index (χ0v) is 17.4. The second-order valence-corrected chi connectivity index (χ2v) is 7.87. The van der Waals surface area contributed by atoms with E-state index in [1.807, 2.05) is 26.0 Å². The number of amides is 1. The van der Waals surface area contributed by atoms with Crippen LogP contribution < -0.4 is 5.32 Å². The molecule has 0 saturated heterocycles. The first-order valence-corrected chi connectivity index (χ1v) is 9.95. The van der Waals surface area contributed by atoms with Crippen molar-refractivity contribution in [3.63, 3.8) is 0 Å². The molecule has 0 aliphatic heterocycles. The van der Waals surface area contributed by atoms with E-state index in [4.69, 9.17) is 21.1 Å². The predicted molar refractivity (Wildman–Crippen MR) is 106 cm³/mol. The van der Waals surface area contributed by atoms with Gasteiger partial charge < -0.3 is 14.8 Å². The summed E-state index contributed by atoms with van der Waals surface area (Å²) in [6, 6.07) is 5.49. The number of nitrogens with one attached hydrogen (secondary N) is 1. The fourth-order valence-corrected chi connectivity index (χ4v) is 4.22. The number of carbonyl (C=O) groups is 2. The molecule has 6 heteroatoms. The molecule has 0 heterocycles. The van der Waals surface area contributed by atoms with E-state index in [0.717, 1.165) is 24.0 Å². The average Bonchev–Trinajstić information content (AvgIpc) is 2.62. The number of rotatable bonds is 7. The molecule has 1 fully saturated rings. The molecule has 0 bridgehead atoms. The summed E-state index contributed by atoms with van der Waals surface area (Å²) in [6.45, 7) is 6.42. The van der Waals surface area contributed by atoms with Crippen LogP contribution in [-0.4, -0.2) is 37.7 Å². The van der Waals surface area contributed by atoms with Gasteiger partial charge in [-0.3, -0.25) is 4.79 Å². The standard InChI is InChI=1S/C21H30ClNO4/c1-5-27-20(25)21(10-6-7-16(12-21)13-26-4)23-19(24)15(3)18-9-8-17(22)11-14(18)2/h8-9,11,15-16H,5-7,10,12-13H2,1-4H3,(H,23,24). The molecule has 1 amide bonds. The molecule has 27 heavy (non-hydrogen) atoms. The summed E-state index contributed by atoms with van der Waals surface area (Å²) in [7, 11) is 1.66. The normalized spacial score (nSPS) is 23.5. The molecule has 1 aliphatic carbocycles. The maximum Gasteiger partial charge on any atom is 0.331 e. The maximum atomic E-state index is 13.0. The van der Waals surface area contributed by atoms with Gasteiger partial charge in [0.25, 0.3) is 0 Å². The van der Waals surface area contributed by atoms with Gasteiger partial charge in [0, 0.05) is 18.7 Å². The first-order valence-electron chi connectivity index (χ1n) is 9.57. The number of halogens is 1. The lowest BCUT2D eigenvalue weighted by atomic mass is 9.75. The number of benzene rings is 1. The minimum atomic E-state index is -0.983. The Balaban J connectivity index is 2.23. The lowest BCUT2D eigenvalue weighted by Gasteiger charge is -2.39. The quantitative estimate of drug-likeness (QED) is 0.708. The van der Waals surface area contributed by atoms with Gasteiger partial charge in [-0.05, 0) is 69.2 Å². The average molecular weight is 396 g/mol. The molecule has 0 aromatic heterocycles. The van der Waals surface area contributed by atoms with Gasteiger partial charge in [-0.25, -0.2) is 4.79 Å². The van der Waals surface area contributed by atoms with Crippen LogP contribution in [0.4, 0.5) is 0 Å². The molecule has 150 valence electrons. The van der Waals surface area contributed by atoms with Gasteiger partial charge in [0.2, 0.25) is 5.91 Å². The predicted octanol–water partition coefficient (Wildman–Crippen LogP) is 4.01. The van der Waals surface area contributed by atoms with Crippen LogP contribution in [0.3, 0.4) is 0 Å². The molecule has 0 radical (unpaired) electrons. The van der Waals surface area contributed by atoms with E-state index in [-0.39, 0.29) is 24.4 Å². The van der Waals surface area contributed by atoms with Crippen LogP contribution in [0.25, 0.3) is 0 Å². The van der Waals surface area contributed by atoms with E-state index in [1.54, 1.807) is 20.1 Å². The number of hydrogen-bond donors (Lipinski definition) is 1. The van der Waals surface area contributed by atoms with Gasteiger partial charge >= 0.3 is 5.97 Å². The smallest absolute Gasteiger partial charge is 0.331 e. The molecule has 1 aliphatic rings. The molecule has 0 spiro atoms. The Kier molecular flexibility index (Phi) is 7.68. The molecule has 2 rings (SSSR count). The van der Waals surface area contributed by atoms with Crippen molar-refractivity contribution >= 4 is 23.5 Å². The van der Waals surface area contributed by atoms with Gasteiger partial charge in [0.15, 0.2) is 0 Å². The molecule has 1 aromatic rings. The third-order valence-corrected chi connectivity index (χ3v) is 5.61. The lowest BCUT2D eigenvalue weighted by Crippen LogP contribution is -2.58. The lowest BCUT2D eigenvalue weighted by molar-refractivity contribution is -0.156. The van der Waals surface area contributed by atoms with Crippen molar-refractivity contribution in [3.8, 4) is 0 Å². The molecule has 3 unspecified atom stereocenters. The Bertz CT molecular complexity index is 676. The van der Waals surface area contributed by atoms with E-state index in [2.05, 4.69) is 5.32 Å². The van der Waals surface area contributed by atoms with Crippen LogP contribution in [-0.2, 0) is 19.1 Å². The highest BCUT2D eigenvalue weighted by atomic mass is 35.5. The summed E-state index contributed by atoms with van der Waals surface area (Å²) < 4.78 is 10.6. The van der Waals surface area contributed by atoms with Gasteiger partial charge in [0.1, 0.15) is 5.54 Å². The van der Waals surface area contributed by atoms with Crippen LogP contribution >= 0.6 is 11.6 Å². The molecule has 1 N–H and O–H groups in total. The first-order chi connectivity index (χ1) is 12.8. The van der Waals surface area contributed by atoms with Crippen LogP contribution in [0.15, 0.2) is 18.2 Å². The fourth-order valence-electron chi connectivity index (χ4n) is 4.00.